The van der Waals surface area contributed by atoms with Crippen LogP contribution in [-0.2, 0) is 22.6 Å². The van der Waals surface area contributed by atoms with Gasteiger partial charge in [0.2, 0.25) is 5.91 Å². The highest BCUT2D eigenvalue weighted by Gasteiger charge is 2.20. The number of Topliss-reactive ketones (excluding diaryl/α,β-unsaturated/α-hetero) is 1. The van der Waals surface area contributed by atoms with E-state index in [1.807, 2.05) is 75.6 Å². The minimum absolute atomic E-state index is 0.103. The van der Waals surface area contributed by atoms with Gasteiger partial charge in [0, 0.05) is 22.1 Å². The summed E-state index contributed by atoms with van der Waals surface area (Å²) in [6, 6.07) is 15.5. The standard InChI is InChI=1S/C27H30N2O3S2/c1-6-18-7-11-20(12-8-18)28-24(31)17-29-25(16-23(30)27(2,3)4)34-22(26(29)32)15-19-9-13-21(33-5)14-10-19/h7-16H,6,17H2,1-5H3,(H,28,31)/b22-15+,25-16-. The number of benzene rings is 2. The number of amides is 1. The molecule has 3 aromatic rings. The van der Waals surface area contributed by atoms with Crippen LogP contribution in [0.1, 0.15) is 38.8 Å². The van der Waals surface area contributed by atoms with Gasteiger partial charge >= 0.3 is 0 Å². The van der Waals surface area contributed by atoms with Gasteiger partial charge in [-0.1, -0.05) is 52.0 Å². The van der Waals surface area contributed by atoms with Crippen LogP contribution in [0, 0.1) is 5.41 Å². The van der Waals surface area contributed by atoms with E-state index in [0.717, 1.165) is 16.9 Å². The molecule has 0 radical (unpaired) electrons. The second kappa shape index (κ2) is 11.0. The zero-order valence-electron chi connectivity index (χ0n) is 20.2. The first-order valence-electron chi connectivity index (χ1n) is 11.1. The minimum Gasteiger partial charge on any atom is -0.325 e. The molecule has 34 heavy (non-hydrogen) atoms. The molecular formula is C27H30N2O3S2. The summed E-state index contributed by atoms with van der Waals surface area (Å²) in [5.74, 6) is -0.424. The highest BCUT2D eigenvalue weighted by molar-refractivity contribution is 7.98. The molecule has 0 bridgehead atoms. The number of thiazole rings is 1. The highest BCUT2D eigenvalue weighted by atomic mass is 32.2. The van der Waals surface area contributed by atoms with Crippen molar-refractivity contribution in [1.82, 2.24) is 4.57 Å². The van der Waals surface area contributed by atoms with Gasteiger partial charge < -0.3 is 5.32 Å². The number of anilines is 1. The molecule has 0 spiro atoms. The molecule has 1 heterocycles. The van der Waals surface area contributed by atoms with Crippen LogP contribution < -0.4 is 20.1 Å². The molecule has 0 aliphatic rings. The SMILES string of the molecule is CCc1ccc(NC(=O)Cn2c(=O)/c(=C\c3ccc(SC)cc3)s/c2=C\C(=O)C(C)(C)C)cc1. The zero-order chi connectivity index (χ0) is 24.9. The molecule has 0 fully saturated rings. The molecule has 0 aliphatic heterocycles. The van der Waals surface area contributed by atoms with Crippen LogP contribution in [-0.4, -0.2) is 22.5 Å². The average molecular weight is 495 g/mol. The lowest BCUT2D eigenvalue weighted by molar-refractivity contribution is -0.120. The molecule has 0 unspecified atom stereocenters. The van der Waals surface area contributed by atoms with Gasteiger partial charge in [0.25, 0.3) is 5.56 Å². The van der Waals surface area contributed by atoms with Gasteiger partial charge in [-0.3, -0.25) is 19.0 Å². The van der Waals surface area contributed by atoms with Crippen LogP contribution in [0.2, 0.25) is 0 Å². The van der Waals surface area contributed by atoms with Crippen LogP contribution in [0.3, 0.4) is 0 Å². The Hall–Kier alpha value is -2.90. The number of aryl methyl sites for hydroxylation is 1. The third kappa shape index (κ3) is 6.58. The molecule has 0 aliphatic carbocycles. The van der Waals surface area contributed by atoms with Gasteiger partial charge in [0.15, 0.2) is 5.78 Å². The largest absolute Gasteiger partial charge is 0.325 e. The van der Waals surface area contributed by atoms with E-state index in [-0.39, 0.29) is 23.8 Å². The van der Waals surface area contributed by atoms with Crippen molar-refractivity contribution in [3.63, 3.8) is 0 Å². The van der Waals surface area contributed by atoms with Crippen LogP contribution in [0.25, 0.3) is 12.2 Å². The van der Waals surface area contributed by atoms with E-state index < -0.39 is 5.41 Å². The van der Waals surface area contributed by atoms with Crippen LogP contribution >= 0.6 is 23.1 Å². The number of thioether (sulfide) groups is 1. The first kappa shape index (κ1) is 25.7. The van der Waals surface area contributed by atoms with E-state index in [1.54, 1.807) is 17.8 Å². The molecular weight excluding hydrogens is 464 g/mol. The molecule has 1 amide bonds. The lowest BCUT2D eigenvalue weighted by Crippen LogP contribution is -2.36. The van der Waals surface area contributed by atoms with Crippen molar-refractivity contribution in [2.75, 3.05) is 11.6 Å². The quantitative estimate of drug-likeness (QED) is 0.503. The van der Waals surface area contributed by atoms with Gasteiger partial charge in [-0.15, -0.1) is 23.1 Å². The molecule has 0 saturated heterocycles. The molecule has 0 saturated carbocycles. The normalized spacial score (nSPS) is 12.7. The molecule has 1 aromatic heterocycles. The summed E-state index contributed by atoms with van der Waals surface area (Å²) in [4.78, 5) is 39.9. The van der Waals surface area contributed by atoms with Gasteiger partial charge in [0.05, 0.1) is 4.53 Å². The van der Waals surface area contributed by atoms with E-state index in [2.05, 4.69) is 12.2 Å². The Morgan fingerprint density at radius 3 is 2.26 bits per heavy atom. The van der Waals surface area contributed by atoms with E-state index in [1.165, 1.54) is 27.5 Å². The van der Waals surface area contributed by atoms with Gasteiger partial charge in [-0.2, -0.15) is 0 Å². The van der Waals surface area contributed by atoms with Gasteiger partial charge in [0.1, 0.15) is 11.2 Å². The van der Waals surface area contributed by atoms with E-state index in [9.17, 15) is 14.4 Å². The maximum Gasteiger partial charge on any atom is 0.269 e. The third-order valence-electron chi connectivity index (χ3n) is 5.29. The smallest absolute Gasteiger partial charge is 0.269 e. The van der Waals surface area contributed by atoms with Crippen molar-refractivity contribution < 1.29 is 9.59 Å². The lowest BCUT2D eigenvalue weighted by Gasteiger charge is -2.13. The number of hydrogen-bond acceptors (Lipinski definition) is 5. The summed E-state index contributed by atoms with van der Waals surface area (Å²) in [5.41, 5.74) is 1.85. The lowest BCUT2D eigenvalue weighted by atomic mass is 9.91. The second-order valence-electron chi connectivity index (χ2n) is 8.97. The van der Waals surface area contributed by atoms with Crippen LogP contribution in [0.5, 0.6) is 0 Å². The molecule has 7 heteroatoms. The van der Waals surface area contributed by atoms with Crippen LogP contribution in [0.4, 0.5) is 5.69 Å². The van der Waals surface area contributed by atoms with Crippen LogP contribution in [0.15, 0.2) is 58.2 Å². The number of aromatic nitrogens is 1. The number of nitrogens with one attached hydrogen (secondary N) is 1. The Labute approximate surface area is 208 Å². The van der Waals surface area contributed by atoms with Crippen molar-refractivity contribution in [3.05, 3.63) is 79.2 Å². The molecule has 0 atom stereocenters. The first-order chi connectivity index (χ1) is 16.1. The molecule has 5 nitrogen and oxygen atoms in total. The fourth-order valence-electron chi connectivity index (χ4n) is 3.14. The zero-order valence-corrected chi connectivity index (χ0v) is 21.8. The van der Waals surface area contributed by atoms with Gasteiger partial charge in [-0.25, -0.2) is 0 Å². The summed E-state index contributed by atoms with van der Waals surface area (Å²) in [5, 5.41) is 2.85. The van der Waals surface area contributed by atoms with Gasteiger partial charge in [-0.05, 0) is 54.1 Å². The highest BCUT2D eigenvalue weighted by Crippen LogP contribution is 2.16. The Kier molecular flexibility index (Phi) is 8.33. The van der Waals surface area contributed by atoms with E-state index in [4.69, 9.17) is 0 Å². The predicted molar refractivity (Wildman–Crippen MR) is 143 cm³/mol. The molecule has 178 valence electrons. The Morgan fingerprint density at radius 1 is 1.06 bits per heavy atom. The Morgan fingerprint density at radius 2 is 1.71 bits per heavy atom. The molecule has 3 rings (SSSR count). The number of rotatable bonds is 7. The van der Waals surface area contributed by atoms with E-state index in [0.29, 0.717) is 14.9 Å². The Bertz CT molecular complexity index is 1340. The predicted octanol–water partition coefficient (Wildman–Crippen LogP) is 4.06. The van der Waals surface area contributed by atoms with Crippen molar-refractivity contribution in [3.8, 4) is 0 Å². The maximum absolute atomic E-state index is 13.2. The van der Waals surface area contributed by atoms with Crippen molar-refractivity contribution in [2.45, 2.75) is 45.6 Å². The number of nitrogens with zero attached hydrogens (tertiary/aromatic N) is 1. The second-order valence-corrected chi connectivity index (χ2v) is 10.9. The third-order valence-corrected chi connectivity index (χ3v) is 7.09. The summed E-state index contributed by atoms with van der Waals surface area (Å²) in [7, 11) is 0. The number of carbonyl (C=O) groups excluding carboxylic acids is 2. The summed E-state index contributed by atoms with van der Waals surface area (Å²) in [6.45, 7) is 7.38. The minimum atomic E-state index is -0.592. The average Bonchev–Trinajstić information content (AvgIpc) is 3.08. The molecule has 2 aromatic carbocycles. The first-order valence-corrected chi connectivity index (χ1v) is 13.1. The topological polar surface area (TPSA) is 68.2 Å². The van der Waals surface area contributed by atoms with Crippen molar-refractivity contribution >= 4 is 52.6 Å². The Balaban J connectivity index is 2.00. The summed E-state index contributed by atoms with van der Waals surface area (Å²) < 4.78 is 2.32. The number of hydrogen-bond donors (Lipinski definition) is 1. The number of carbonyl (C=O) groups is 2. The number of ketones is 1. The monoisotopic (exact) mass is 494 g/mol. The fourth-order valence-corrected chi connectivity index (χ4v) is 4.59. The molecule has 1 N–H and O–H groups in total. The van der Waals surface area contributed by atoms with E-state index >= 15 is 0 Å². The van der Waals surface area contributed by atoms with Crippen molar-refractivity contribution in [1.29, 1.82) is 0 Å². The summed E-state index contributed by atoms with van der Waals surface area (Å²) in [6.07, 6.45) is 6.20. The maximum atomic E-state index is 13.2. The fraction of sp³-hybridized carbons (Fsp3) is 0.296. The summed E-state index contributed by atoms with van der Waals surface area (Å²) >= 11 is 2.87. The van der Waals surface area contributed by atoms with Crippen molar-refractivity contribution in [2.24, 2.45) is 5.41 Å².